The second kappa shape index (κ2) is 10.5. The maximum Gasteiger partial charge on any atom is 0.329 e. The van der Waals surface area contributed by atoms with Gasteiger partial charge in [0.25, 0.3) is 0 Å². The van der Waals surface area contributed by atoms with Crippen LogP contribution in [0.1, 0.15) is 48.5 Å². The van der Waals surface area contributed by atoms with Gasteiger partial charge in [-0.15, -0.1) is 0 Å². The van der Waals surface area contributed by atoms with E-state index in [2.05, 4.69) is 0 Å². The highest BCUT2D eigenvalue weighted by Gasteiger charge is 2.64. The third kappa shape index (κ3) is 3.96. The highest BCUT2D eigenvalue weighted by molar-refractivity contribution is 6.08. The van der Waals surface area contributed by atoms with Gasteiger partial charge in [-0.1, -0.05) is 0 Å². The molecule has 5 unspecified atom stereocenters. The van der Waals surface area contributed by atoms with Gasteiger partial charge in [-0.05, 0) is 55.2 Å². The van der Waals surface area contributed by atoms with E-state index in [1.54, 1.807) is 24.3 Å². The number of esters is 2. The summed E-state index contributed by atoms with van der Waals surface area (Å²) in [6.45, 7) is 1.51. The molecule has 4 fully saturated rings. The molecule has 6 aliphatic rings. The summed E-state index contributed by atoms with van der Waals surface area (Å²) in [5.41, 5.74) is 1.96. The standard InChI is InChI=1S/C33H33NO12/c1-13(34-30(35)26-18-5-6-19(45-18)27(26)31(34)36)32(37)46-28-16-10-21-20(43-12-44-21)9-15(16)24(25-17(28)11-42-33(25)38)14-7-22(39-2)29(41-4)23(8-14)40-3/h7-10,13,17-19,24-28H,5-6,11-12H2,1-4H3/t13-,17+,18?,19?,24?,25+,26?,27?,28+/m1/s1. The number of rotatable bonds is 7. The molecular weight excluding hydrogens is 602 g/mol. The van der Waals surface area contributed by atoms with Crippen molar-refractivity contribution in [2.75, 3.05) is 34.7 Å². The fourth-order valence-electron chi connectivity index (χ4n) is 8.39. The van der Waals surface area contributed by atoms with Crippen molar-refractivity contribution in [2.24, 2.45) is 23.7 Å². The number of hydrogen-bond acceptors (Lipinski definition) is 12. The molecule has 9 atom stereocenters. The number of fused-ring (bicyclic) bond motifs is 8. The van der Waals surface area contributed by atoms with Gasteiger partial charge in [-0.3, -0.25) is 19.3 Å². The van der Waals surface area contributed by atoms with Crippen LogP contribution in [0.2, 0.25) is 0 Å². The number of nitrogens with zero attached hydrogens (tertiary/aromatic N) is 1. The molecule has 5 heterocycles. The number of carbonyl (C=O) groups excluding carboxylic acids is 4. The van der Waals surface area contributed by atoms with Crippen molar-refractivity contribution < 1.29 is 57.1 Å². The molecule has 8 rings (SSSR count). The molecule has 0 radical (unpaired) electrons. The van der Waals surface area contributed by atoms with Crippen LogP contribution in [0.25, 0.3) is 0 Å². The van der Waals surface area contributed by atoms with E-state index < -0.39 is 65.5 Å². The van der Waals surface area contributed by atoms with E-state index in [4.69, 9.17) is 37.9 Å². The first-order valence-electron chi connectivity index (χ1n) is 15.4. The highest BCUT2D eigenvalue weighted by atomic mass is 16.7. The zero-order valence-electron chi connectivity index (χ0n) is 25.7. The summed E-state index contributed by atoms with van der Waals surface area (Å²) in [5, 5.41) is 0. The van der Waals surface area contributed by atoms with Gasteiger partial charge in [0.15, 0.2) is 23.0 Å². The monoisotopic (exact) mass is 635 g/mol. The molecule has 1 aliphatic carbocycles. The Labute approximate surface area is 263 Å². The Morgan fingerprint density at radius 2 is 1.43 bits per heavy atom. The van der Waals surface area contributed by atoms with Crippen LogP contribution in [0.15, 0.2) is 24.3 Å². The van der Waals surface area contributed by atoms with Gasteiger partial charge in [0.1, 0.15) is 12.1 Å². The van der Waals surface area contributed by atoms with Crippen molar-refractivity contribution in [3.05, 3.63) is 41.0 Å². The van der Waals surface area contributed by atoms with Crippen LogP contribution in [0.5, 0.6) is 28.7 Å². The van der Waals surface area contributed by atoms with Crippen molar-refractivity contribution >= 4 is 23.8 Å². The Kier molecular flexibility index (Phi) is 6.61. The number of imide groups is 1. The van der Waals surface area contributed by atoms with Crippen molar-refractivity contribution in [3.8, 4) is 28.7 Å². The van der Waals surface area contributed by atoms with E-state index in [1.807, 2.05) is 0 Å². The lowest BCUT2D eigenvalue weighted by Gasteiger charge is -2.39. The predicted molar refractivity (Wildman–Crippen MR) is 153 cm³/mol. The highest BCUT2D eigenvalue weighted by Crippen LogP contribution is 2.57. The smallest absolute Gasteiger partial charge is 0.329 e. The molecule has 0 N–H and O–H groups in total. The molecule has 2 aromatic carbocycles. The van der Waals surface area contributed by atoms with Crippen LogP contribution in [0, 0.1) is 23.7 Å². The first-order chi connectivity index (χ1) is 22.2. The average Bonchev–Trinajstić information content (AvgIpc) is 3.89. The van der Waals surface area contributed by atoms with E-state index in [1.165, 1.54) is 28.3 Å². The van der Waals surface area contributed by atoms with Gasteiger partial charge < -0.3 is 37.9 Å². The topological polar surface area (TPSA) is 145 Å². The molecule has 0 aromatic heterocycles. The maximum atomic E-state index is 13.9. The van der Waals surface area contributed by atoms with Crippen LogP contribution in [0.4, 0.5) is 0 Å². The minimum absolute atomic E-state index is 0.00292. The molecule has 242 valence electrons. The van der Waals surface area contributed by atoms with Crippen LogP contribution >= 0.6 is 0 Å². The van der Waals surface area contributed by atoms with E-state index in [9.17, 15) is 19.2 Å². The molecule has 46 heavy (non-hydrogen) atoms. The van der Waals surface area contributed by atoms with Gasteiger partial charge in [0.2, 0.25) is 24.4 Å². The third-order valence-electron chi connectivity index (χ3n) is 10.5. The van der Waals surface area contributed by atoms with Gasteiger partial charge in [0, 0.05) is 17.4 Å². The summed E-state index contributed by atoms with van der Waals surface area (Å²) >= 11 is 0. The number of benzene rings is 2. The molecule has 13 heteroatoms. The Bertz CT molecular complexity index is 1620. The van der Waals surface area contributed by atoms with Gasteiger partial charge in [-0.2, -0.15) is 0 Å². The second-order valence-corrected chi connectivity index (χ2v) is 12.5. The van der Waals surface area contributed by atoms with E-state index in [-0.39, 0.29) is 25.6 Å². The van der Waals surface area contributed by atoms with Crippen molar-refractivity contribution in [1.29, 1.82) is 0 Å². The lowest BCUT2D eigenvalue weighted by Crippen LogP contribution is -2.47. The van der Waals surface area contributed by atoms with Gasteiger partial charge in [0.05, 0.1) is 57.9 Å². The summed E-state index contributed by atoms with van der Waals surface area (Å²) in [6.07, 6.45) is -0.110. The molecule has 2 aromatic rings. The minimum Gasteiger partial charge on any atom is -0.493 e. The van der Waals surface area contributed by atoms with Crippen LogP contribution in [-0.4, -0.2) is 81.6 Å². The summed E-state index contributed by atoms with van der Waals surface area (Å²) in [4.78, 5) is 55.2. The number of methoxy groups -OCH3 is 3. The van der Waals surface area contributed by atoms with E-state index >= 15 is 0 Å². The predicted octanol–water partition coefficient (Wildman–Crippen LogP) is 2.51. The number of likely N-dealkylation sites (tertiary alicyclic amines) is 1. The number of hydrogen-bond donors (Lipinski definition) is 0. The van der Waals surface area contributed by atoms with Gasteiger partial charge in [-0.25, -0.2) is 4.79 Å². The van der Waals surface area contributed by atoms with Crippen LogP contribution in [-0.2, 0) is 33.4 Å². The lowest BCUT2D eigenvalue weighted by atomic mass is 9.66. The zero-order chi connectivity index (χ0) is 32.0. The number of cyclic esters (lactones) is 1. The first-order valence-corrected chi connectivity index (χ1v) is 15.4. The molecular formula is C33H33NO12. The van der Waals surface area contributed by atoms with Crippen molar-refractivity contribution in [1.82, 2.24) is 4.90 Å². The lowest BCUT2D eigenvalue weighted by molar-refractivity contribution is -0.166. The summed E-state index contributed by atoms with van der Waals surface area (Å²) in [7, 11) is 4.53. The quantitative estimate of drug-likeness (QED) is 0.326. The molecule has 0 spiro atoms. The Hall–Kier alpha value is -4.52. The van der Waals surface area contributed by atoms with Gasteiger partial charge >= 0.3 is 11.9 Å². The number of amides is 2. The fourth-order valence-corrected chi connectivity index (χ4v) is 8.39. The molecule has 5 aliphatic heterocycles. The molecule has 2 bridgehead atoms. The van der Waals surface area contributed by atoms with E-state index in [0.717, 1.165) is 17.7 Å². The Morgan fingerprint density at radius 1 is 0.826 bits per heavy atom. The second-order valence-electron chi connectivity index (χ2n) is 12.5. The molecule has 2 amide bonds. The summed E-state index contributed by atoms with van der Waals surface area (Å²) in [5.74, 6) is -2.90. The first kappa shape index (κ1) is 28.9. The molecule has 13 nitrogen and oxygen atoms in total. The fraction of sp³-hybridized carbons (Fsp3) is 0.515. The number of ether oxygens (including phenoxy) is 8. The average molecular weight is 636 g/mol. The number of carbonyl (C=O) groups is 4. The Balaban J connectivity index is 1.18. The van der Waals surface area contributed by atoms with Crippen LogP contribution in [0.3, 0.4) is 0 Å². The largest absolute Gasteiger partial charge is 0.493 e. The zero-order valence-corrected chi connectivity index (χ0v) is 25.7. The summed E-state index contributed by atoms with van der Waals surface area (Å²) < 4.78 is 45.8. The van der Waals surface area contributed by atoms with Crippen LogP contribution < -0.4 is 23.7 Å². The van der Waals surface area contributed by atoms with Crippen molar-refractivity contribution in [2.45, 2.75) is 50.0 Å². The summed E-state index contributed by atoms with van der Waals surface area (Å²) in [6, 6.07) is 5.95. The van der Waals surface area contributed by atoms with Crippen molar-refractivity contribution in [3.63, 3.8) is 0 Å². The maximum absolute atomic E-state index is 13.9. The third-order valence-corrected chi connectivity index (χ3v) is 10.5. The Morgan fingerprint density at radius 3 is 2.02 bits per heavy atom. The minimum atomic E-state index is -1.17. The van der Waals surface area contributed by atoms with E-state index in [0.29, 0.717) is 45.4 Å². The normalized spacial score (nSPS) is 32.1. The molecule has 0 saturated carbocycles. The molecule has 4 saturated heterocycles. The SMILES string of the molecule is COc1cc(C2c3cc4c(cc3[C@H](OC(=O)[C@@H](C)N3C(=O)C5C6CCC(O6)C5C3=O)[C@H]3COC(=O)[C@H]23)OCO4)cc(OC)c1OC.